The summed E-state index contributed by atoms with van der Waals surface area (Å²) in [5.74, 6) is 2.09. The van der Waals surface area contributed by atoms with Crippen LogP contribution in [0.2, 0.25) is 0 Å². The predicted molar refractivity (Wildman–Crippen MR) is 97.2 cm³/mol. The molecule has 3 fully saturated rings. The lowest BCUT2D eigenvalue weighted by Crippen LogP contribution is -2.60. The molecular formula is C21H30N2O. The molecule has 0 radical (unpaired) electrons. The third-order valence-corrected chi connectivity index (χ3v) is 6.42. The first-order valence-corrected chi connectivity index (χ1v) is 9.56. The Morgan fingerprint density at radius 3 is 2.08 bits per heavy atom. The van der Waals surface area contributed by atoms with Crippen LogP contribution in [-0.2, 0) is 5.41 Å². The van der Waals surface area contributed by atoms with Crippen LogP contribution in [0.25, 0.3) is 0 Å². The summed E-state index contributed by atoms with van der Waals surface area (Å²) in [6, 6.07) is 8.80. The summed E-state index contributed by atoms with van der Waals surface area (Å²) in [5.41, 5.74) is 2.25. The van der Waals surface area contributed by atoms with Crippen molar-refractivity contribution < 1.29 is 4.79 Å². The molecule has 3 aliphatic rings. The molecule has 0 bridgehead atoms. The van der Waals surface area contributed by atoms with E-state index in [4.69, 9.17) is 0 Å². The van der Waals surface area contributed by atoms with Gasteiger partial charge < -0.3 is 4.90 Å². The Balaban J connectivity index is 1.33. The second-order valence-electron chi connectivity index (χ2n) is 9.10. The minimum atomic E-state index is 0.136. The van der Waals surface area contributed by atoms with Gasteiger partial charge >= 0.3 is 0 Å². The lowest BCUT2D eigenvalue weighted by atomic mass is 9.86. The Labute approximate surface area is 146 Å². The minimum Gasteiger partial charge on any atom is -0.335 e. The number of amides is 1. The van der Waals surface area contributed by atoms with Crippen LogP contribution in [-0.4, -0.2) is 47.9 Å². The summed E-state index contributed by atoms with van der Waals surface area (Å²) in [5, 5.41) is 0. The Bertz CT molecular complexity index is 598. The van der Waals surface area contributed by atoms with Gasteiger partial charge in [-0.25, -0.2) is 0 Å². The fraction of sp³-hybridized carbons (Fsp3) is 0.667. The molecular weight excluding hydrogens is 296 g/mol. The van der Waals surface area contributed by atoms with Gasteiger partial charge in [-0.05, 0) is 47.8 Å². The molecule has 4 rings (SSSR count). The standard InChI is InChI=1S/C21H30N2O/c1-21(2,3)18-9-7-15(8-10-18)20(24)23-13-19(14-23)22-11-16-5-4-6-17(16)12-22/h7-10,16-17,19H,4-6,11-14H2,1-3H3. The van der Waals surface area contributed by atoms with Crippen molar-refractivity contribution in [3.05, 3.63) is 35.4 Å². The van der Waals surface area contributed by atoms with E-state index in [2.05, 4.69) is 37.8 Å². The van der Waals surface area contributed by atoms with Gasteiger partial charge in [0, 0.05) is 37.8 Å². The maximum Gasteiger partial charge on any atom is 0.253 e. The zero-order chi connectivity index (χ0) is 16.9. The number of benzene rings is 1. The van der Waals surface area contributed by atoms with Crippen molar-refractivity contribution in [3.63, 3.8) is 0 Å². The van der Waals surface area contributed by atoms with Gasteiger partial charge in [0.15, 0.2) is 0 Å². The molecule has 3 heteroatoms. The maximum atomic E-state index is 12.7. The molecule has 1 amide bonds. The van der Waals surface area contributed by atoms with Gasteiger partial charge in [-0.1, -0.05) is 39.3 Å². The normalized spacial score (nSPS) is 28.0. The van der Waals surface area contributed by atoms with Gasteiger partial charge in [0.25, 0.3) is 5.91 Å². The molecule has 24 heavy (non-hydrogen) atoms. The molecule has 2 aliphatic heterocycles. The van der Waals surface area contributed by atoms with E-state index in [1.54, 1.807) is 0 Å². The van der Waals surface area contributed by atoms with E-state index in [0.717, 1.165) is 30.5 Å². The fourth-order valence-corrected chi connectivity index (χ4v) is 4.72. The SMILES string of the molecule is CC(C)(C)c1ccc(C(=O)N2CC(N3CC4CCCC4C3)C2)cc1. The van der Waals surface area contributed by atoms with Gasteiger partial charge in [-0.2, -0.15) is 0 Å². The van der Waals surface area contributed by atoms with Gasteiger partial charge in [0.1, 0.15) is 0 Å². The second kappa shape index (κ2) is 5.87. The van der Waals surface area contributed by atoms with Crippen molar-refractivity contribution in [3.8, 4) is 0 Å². The van der Waals surface area contributed by atoms with Crippen LogP contribution < -0.4 is 0 Å². The molecule has 1 saturated carbocycles. The van der Waals surface area contributed by atoms with E-state index in [1.807, 2.05) is 17.0 Å². The van der Waals surface area contributed by atoms with Crippen molar-refractivity contribution >= 4 is 5.91 Å². The number of carbonyl (C=O) groups excluding carboxylic acids is 1. The Hall–Kier alpha value is -1.35. The first-order chi connectivity index (χ1) is 11.4. The van der Waals surface area contributed by atoms with Gasteiger partial charge in [0.2, 0.25) is 0 Å². The number of hydrogen-bond donors (Lipinski definition) is 0. The number of fused-ring (bicyclic) bond motifs is 1. The Morgan fingerprint density at radius 2 is 1.54 bits per heavy atom. The van der Waals surface area contributed by atoms with Crippen LogP contribution in [0.3, 0.4) is 0 Å². The average Bonchev–Trinajstić information content (AvgIpc) is 3.06. The first kappa shape index (κ1) is 16.1. The first-order valence-electron chi connectivity index (χ1n) is 9.56. The highest BCUT2D eigenvalue weighted by Gasteiger charge is 2.43. The highest BCUT2D eigenvalue weighted by molar-refractivity contribution is 5.94. The summed E-state index contributed by atoms with van der Waals surface area (Å²) in [7, 11) is 0. The average molecular weight is 326 g/mol. The number of likely N-dealkylation sites (tertiary alicyclic amines) is 2. The van der Waals surface area contributed by atoms with E-state index in [0.29, 0.717) is 6.04 Å². The van der Waals surface area contributed by atoms with Crippen LogP contribution in [0, 0.1) is 11.8 Å². The van der Waals surface area contributed by atoms with Crippen molar-refractivity contribution in [2.45, 2.75) is 51.5 Å². The lowest BCUT2D eigenvalue weighted by molar-refractivity contribution is 0.0313. The molecule has 2 atom stereocenters. The zero-order valence-electron chi connectivity index (χ0n) is 15.3. The molecule has 0 spiro atoms. The van der Waals surface area contributed by atoms with Crippen LogP contribution >= 0.6 is 0 Å². The summed E-state index contributed by atoms with van der Waals surface area (Å²) in [6.07, 6.45) is 4.29. The molecule has 2 saturated heterocycles. The second-order valence-corrected chi connectivity index (χ2v) is 9.10. The largest absolute Gasteiger partial charge is 0.335 e. The maximum absolute atomic E-state index is 12.7. The van der Waals surface area contributed by atoms with Crippen LogP contribution in [0.5, 0.6) is 0 Å². The van der Waals surface area contributed by atoms with Crippen LogP contribution in [0.1, 0.15) is 56.0 Å². The summed E-state index contributed by atoms with van der Waals surface area (Å²) in [4.78, 5) is 17.3. The Kier molecular flexibility index (Phi) is 3.95. The molecule has 1 aromatic rings. The molecule has 2 heterocycles. The Morgan fingerprint density at radius 1 is 0.958 bits per heavy atom. The van der Waals surface area contributed by atoms with E-state index in [1.165, 1.54) is 37.9 Å². The molecule has 0 aromatic heterocycles. The quantitative estimate of drug-likeness (QED) is 0.830. The summed E-state index contributed by atoms with van der Waals surface area (Å²) in [6.45, 7) is 11.0. The van der Waals surface area contributed by atoms with Crippen molar-refractivity contribution in [1.29, 1.82) is 0 Å². The van der Waals surface area contributed by atoms with Gasteiger partial charge in [-0.15, -0.1) is 0 Å². The summed E-state index contributed by atoms with van der Waals surface area (Å²) >= 11 is 0. The summed E-state index contributed by atoms with van der Waals surface area (Å²) < 4.78 is 0. The minimum absolute atomic E-state index is 0.136. The zero-order valence-corrected chi connectivity index (χ0v) is 15.3. The number of rotatable bonds is 2. The fourth-order valence-electron chi connectivity index (χ4n) is 4.72. The number of hydrogen-bond acceptors (Lipinski definition) is 2. The lowest BCUT2D eigenvalue weighted by Gasteiger charge is -2.44. The third-order valence-electron chi connectivity index (χ3n) is 6.42. The van der Waals surface area contributed by atoms with Gasteiger partial charge in [-0.3, -0.25) is 9.69 Å². The van der Waals surface area contributed by atoms with Gasteiger partial charge in [0.05, 0.1) is 0 Å². The van der Waals surface area contributed by atoms with Crippen molar-refractivity contribution in [1.82, 2.24) is 9.80 Å². The number of carbonyl (C=O) groups is 1. The smallest absolute Gasteiger partial charge is 0.253 e. The monoisotopic (exact) mass is 326 g/mol. The van der Waals surface area contributed by atoms with Crippen LogP contribution in [0.15, 0.2) is 24.3 Å². The molecule has 130 valence electrons. The number of nitrogens with zero attached hydrogens (tertiary/aromatic N) is 2. The van der Waals surface area contributed by atoms with Crippen molar-refractivity contribution in [2.75, 3.05) is 26.2 Å². The van der Waals surface area contributed by atoms with E-state index in [9.17, 15) is 4.79 Å². The van der Waals surface area contributed by atoms with Crippen molar-refractivity contribution in [2.24, 2.45) is 11.8 Å². The highest BCUT2D eigenvalue weighted by atomic mass is 16.2. The highest BCUT2D eigenvalue weighted by Crippen LogP contribution is 2.39. The third kappa shape index (κ3) is 2.88. The van der Waals surface area contributed by atoms with E-state index < -0.39 is 0 Å². The van der Waals surface area contributed by atoms with E-state index in [-0.39, 0.29) is 11.3 Å². The topological polar surface area (TPSA) is 23.6 Å². The van der Waals surface area contributed by atoms with Crippen LogP contribution in [0.4, 0.5) is 0 Å². The predicted octanol–water partition coefficient (Wildman–Crippen LogP) is 3.54. The molecule has 0 N–H and O–H groups in total. The molecule has 3 nitrogen and oxygen atoms in total. The molecule has 1 aliphatic carbocycles. The molecule has 1 aromatic carbocycles. The van der Waals surface area contributed by atoms with E-state index >= 15 is 0 Å². The molecule has 2 unspecified atom stereocenters.